The summed E-state index contributed by atoms with van der Waals surface area (Å²) in [7, 11) is 0. The number of imidazole rings is 1. The van der Waals surface area contributed by atoms with E-state index in [-0.39, 0.29) is 0 Å². The molecule has 0 radical (unpaired) electrons. The van der Waals surface area contributed by atoms with Gasteiger partial charge >= 0.3 is 0 Å². The Hall–Kier alpha value is -1.91. The molecule has 3 rings (SSSR count). The summed E-state index contributed by atoms with van der Waals surface area (Å²) in [4.78, 5) is 12.4. The van der Waals surface area contributed by atoms with Gasteiger partial charge in [0.1, 0.15) is 11.8 Å². The third-order valence-electron chi connectivity index (χ3n) is 2.73. The van der Waals surface area contributed by atoms with Crippen molar-refractivity contribution in [3.8, 4) is 0 Å². The number of fused-ring (bicyclic) bond motifs is 1. The van der Waals surface area contributed by atoms with Crippen LogP contribution < -0.4 is 5.73 Å². The van der Waals surface area contributed by atoms with Crippen LogP contribution in [-0.2, 0) is 0 Å². The van der Waals surface area contributed by atoms with Crippen molar-refractivity contribution in [1.29, 1.82) is 0 Å². The molecule has 0 aromatic carbocycles. The summed E-state index contributed by atoms with van der Waals surface area (Å²) in [5.41, 5.74) is 7.23. The lowest BCUT2D eigenvalue weighted by molar-refractivity contribution is 0.601. The molecule has 2 aromatic heterocycles. The van der Waals surface area contributed by atoms with Crippen LogP contribution >= 0.6 is 0 Å². The molecule has 76 valence electrons. The number of allylic oxidation sites excluding steroid dienone is 2. The zero-order valence-electron chi connectivity index (χ0n) is 8.17. The monoisotopic (exact) mass is 201 g/mol. The van der Waals surface area contributed by atoms with Gasteiger partial charge in [0.05, 0.1) is 12.4 Å². The molecule has 0 spiro atoms. The molecule has 15 heavy (non-hydrogen) atoms. The Balaban J connectivity index is 2.19. The molecule has 1 aliphatic rings. The van der Waals surface area contributed by atoms with Crippen LogP contribution in [0.2, 0.25) is 0 Å². The van der Waals surface area contributed by atoms with Crippen molar-refractivity contribution in [2.45, 2.75) is 18.9 Å². The summed E-state index contributed by atoms with van der Waals surface area (Å²) in [6, 6.07) is 0.365. The number of rotatable bonds is 1. The van der Waals surface area contributed by atoms with E-state index < -0.39 is 0 Å². The Kier molecular flexibility index (Phi) is 1.71. The number of nitrogens with zero attached hydrogens (tertiary/aromatic N) is 4. The molecular weight excluding hydrogens is 190 g/mol. The summed E-state index contributed by atoms with van der Waals surface area (Å²) < 4.78 is 2.05. The minimum absolute atomic E-state index is 0.365. The smallest absolute Gasteiger partial charge is 0.165 e. The molecule has 5 nitrogen and oxygen atoms in total. The number of aromatic nitrogens is 4. The fourth-order valence-corrected chi connectivity index (χ4v) is 1.96. The van der Waals surface area contributed by atoms with Crippen molar-refractivity contribution in [3.63, 3.8) is 0 Å². The lowest BCUT2D eigenvalue weighted by atomic mass is 10.2. The second-order valence-electron chi connectivity index (χ2n) is 3.66. The topological polar surface area (TPSA) is 69.6 Å². The van der Waals surface area contributed by atoms with Gasteiger partial charge < -0.3 is 10.3 Å². The molecule has 0 aliphatic heterocycles. The van der Waals surface area contributed by atoms with Crippen LogP contribution in [0, 0.1) is 0 Å². The van der Waals surface area contributed by atoms with Crippen LogP contribution in [0.4, 0.5) is 5.82 Å². The van der Waals surface area contributed by atoms with Gasteiger partial charge in [-0.1, -0.05) is 12.2 Å². The average Bonchev–Trinajstić information content (AvgIpc) is 2.85. The Morgan fingerprint density at radius 1 is 1.33 bits per heavy atom. The lowest BCUT2D eigenvalue weighted by Gasteiger charge is -2.09. The van der Waals surface area contributed by atoms with Crippen molar-refractivity contribution < 1.29 is 0 Å². The molecular formula is C10H11N5. The Labute approximate surface area is 86.7 Å². The number of hydrogen-bond donors (Lipinski definition) is 1. The van der Waals surface area contributed by atoms with Gasteiger partial charge in [-0.3, -0.25) is 0 Å². The van der Waals surface area contributed by atoms with Gasteiger partial charge in [-0.05, 0) is 12.8 Å². The van der Waals surface area contributed by atoms with Crippen molar-refractivity contribution in [3.05, 3.63) is 24.8 Å². The van der Waals surface area contributed by atoms with E-state index in [0.717, 1.165) is 18.5 Å². The van der Waals surface area contributed by atoms with Crippen LogP contribution in [0.5, 0.6) is 0 Å². The van der Waals surface area contributed by atoms with E-state index in [4.69, 9.17) is 5.73 Å². The second kappa shape index (κ2) is 3.05. The van der Waals surface area contributed by atoms with Gasteiger partial charge in [0.25, 0.3) is 0 Å². The highest BCUT2D eigenvalue weighted by Gasteiger charge is 2.15. The van der Waals surface area contributed by atoms with Crippen molar-refractivity contribution in [2.24, 2.45) is 0 Å². The number of nitrogens with two attached hydrogens (primary N) is 1. The Bertz CT molecular complexity index is 528. The van der Waals surface area contributed by atoms with Gasteiger partial charge in [0, 0.05) is 0 Å². The standard InChI is InChI=1S/C10H11N5/c11-9-8-10(13-5-12-9)15(6-14-8)7-3-1-2-4-7/h1,3,5-7H,2,4H2,(H2,11,12,13). The van der Waals surface area contributed by atoms with Crippen LogP contribution in [-0.4, -0.2) is 19.5 Å². The Morgan fingerprint density at radius 2 is 2.27 bits per heavy atom. The Morgan fingerprint density at radius 3 is 3.07 bits per heavy atom. The van der Waals surface area contributed by atoms with E-state index in [1.54, 1.807) is 6.33 Å². The molecule has 1 atom stereocenters. The number of anilines is 1. The second-order valence-corrected chi connectivity index (χ2v) is 3.66. The lowest BCUT2D eigenvalue weighted by Crippen LogP contribution is -2.03. The molecule has 0 fully saturated rings. The zero-order valence-corrected chi connectivity index (χ0v) is 8.17. The van der Waals surface area contributed by atoms with E-state index in [0.29, 0.717) is 17.4 Å². The minimum Gasteiger partial charge on any atom is -0.382 e. The third-order valence-corrected chi connectivity index (χ3v) is 2.73. The van der Waals surface area contributed by atoms with E-state index in [9.17, 15) is 0 Å². The van der Waals surface area contributed by atoms with Gasteiger partial charge in [-0.15, -0.1) is 0 Å². The van der Waals surface area contributed by atoms with Crippen LogP contribution in [0.15, 0.2) is 24.8 Å². The summed E-state index contributed by atoms with van der Waals surface area (Å²) in [6.45, 7) is 0. The third kappa shape index (κ3) is 1.20. The zero-order chi connectivity index (χ0) is 10.3. The fraction of sp³-hybridized carbons (Fsp3) is 0.300. The first-order chi connectivity index (χ1) is 7.36. The minimum atomic E-state index is 0.365. The highest BCUT2D eigenvalue weighted by Crippen LogP contribution is 2.26. The highest BCUT2D eigenvalue weighted by atomic mass is 15.1. The molecule has 1 unspecified atom stereocenters. The fourth-order valence-electron chi connectivity index (χ4n) is 1.96. The predicted molar refractivity (Wildman–Crippen MR) is 57.1 cm³/mol. The summed E-state index contributed by atoms with van der Waals surface area (Å²) in [6.07, 6.45) is 9.85. The summed E-state index contributed by atoms with van der Waals surface area (Å²) in [5.74, 6) is 0.445. The van der Waals surface area contributed by atoms with Gasteiger partial charge in [-0.25, -0.2) is 15.0 Å². The van der Waals surface area contributed by atoms with Gasteiger partial charge in [0.2, 0.25) is 0 Å². The van der Waals surface area contributed by atoms with E-state index in [1.807, 2.05) is 0 Å². The predicted octanol–water partition coefficient (Wildman–Crippen LogP) is 1.30. The summed E-state index contributed by atoms with van der Waals surface area (Å²) in [5, 5.41) is 0. The van der Waals surface area contributed by atoms with Gasteiger partial charge in [0.15, 0.2) is 11.5 Å². The molecule has 5 heteroatoms. The molecule has 0 saturated carbocycles. The van der Waals surface area contributed by atoms with E-state index in [1.165, 1.54) is 6.33 Å². The normalized spacial score (nSPS) is 20.1. The molecule has 2 aromatic rings. The van der Waals surface area contributed by atoms with Gasteiger partial charge in [-0.2, -0.15) is 0 Å². The van der Waals surface area contributed by atoms with Crippen molar-refractivity contribution in [2.75, 3.05) is 5.73 Å². The summed E-state index contributed by atoms with van der Waals surface area (Å²) >= 11 is 0. The number of nitrogen functional groups attached to an aromatic ring is 1. The quantitative estimate of drug-likeness (QED) is 0.706. The molecule has 2 N–H and O–H groups in total. The molecule has 1 aliphatic carbocycles. The molecule has 0 bridgehead atoms. The van der Waals surface area contributed by atoms with E-state index >= 15 is 0 Å². The molecule has 2 heterocycles. The highest BCUT2D eigenvalue weighted by molar-refractivity contribution is 5.81. The SMILES string of the molecule is Nc1ncnc2c1ncn2C1C=CCC1. The van der Waals surface area contributed by atoms with Crippen molar-refractivity contribution in [1.82, 2.24) is 19.5 Å². The molecule has 0 amide bonds. The first-order valence-corrected chi connectivity index (χ1v) is 4.96. The van der Waals surface area contributed by atoms with Crippen LogP contribution in [0.25, 0.3) is 11.2 Å². The maximum atomic E-state index is 5.72. The average molecular weight is 201 g/mol. The largest absolute Gasteiger partial charge is 0.382 e. The van der Waals surface area contributed by atoms with E-state index in [2.05, 4.69) is 31.7 Å². The maximum absolute atomic E-state index is 5.72. The molecule has 0 saturated heterocycles. The van der Waals surface area contributed by atoms with Crippen LogP contribution in [0.1, 0.15) is 18.9 Å². The first kappa shape index (κ1) is 8.40. The first-order valence-electron chi connectivity index (χ1n) is 4.96. The maximum Gasteiger partial charge on any atom is 0.165 e. The van der Waals surface area contributed by atoms with Crippen LogP contribution in [0.3, 0.4) is 0 Å². The number of hydrogen-bond acceptors (Lipinski definition) is 4. The van der Waals surface area contributed by atoms with Crippen molar-refractivity contribution >= 4 is 17.0 Å².